The highest BCUT2D eigenvalue weighted by Crippen LogP contribution is 2.33. The number of ether oxygens (including phenoxy) is 1. The lowest BCUT2D eigenvalue weighted by Crippen LogP contribution is -2.35. The van der Waals surface area contributed by atoms with Crippen LogP contribution in [0.4, 0.5) is 16.3 Å². The van der Waals surface area contributed by atoms with Crippen LogP contribution in [0.1, 0.15) is 32.2 Å². The summed E-state index contributed by atoms with van der Waals surface area (Å²) in [7, 11) is 0. The number of anilines is 2. The van der Waals surface area contributed by atoms with Gasteiger partial charge >= 0.3 is 6.03 Å². The van der Waals surface area contributed by atoms with Crippen LogP contribution in [0.2, 0.25) is 0 Å². The summed E-state index contributed by atoms with van der Waals surface area (Å²) in [4.78, 5) is 34.7. The lowest BCUT2D eigenvalue weighted by atomic mass is 9.92. The number of carbonyl (C=O) groups is 1. The molecule has 0 unspecified atom stereocenters. The number of amides is 2. The largest absolute Gasteiger partial charge is 0.379 e. The van der Waals surface area contributed by atoms with E-state index in [-0.39, 0.29) is 11.0 Å². The Bertz CT molecular complexity index is 1790. The third-order valence-corrected chi connectivity index (χ3v) is 7.53. The summed E-state index contributed by atoms with van der Waals surface area (Å²) in [6, 6.07) is 20.7. The summed E-state index contributed by atoms with van der Waals surface area (Å²) >= 11 is 0. The second kappa shape index (κ2) is 11.8. The van der Waals surface area contributed by atoms with Gasteiger partial charge in [-0.1, -0.05) is 57.2 Å². The molecule has 2 aromatic carbocycles. The summed E-state index contributed by atoms with van der Waals surface area (Å²) in [5, 5.41) is 12.6. The first-order valence-electron chi connectivity index (χ1n) is 14.4. The van der Waals surface area contributed by atoms with Gasteiger partial charge in [0.1, 0.15) is 5.82 Å². The maximum absolute atomic E-state index is 13.3. The van der Waals surface area contributed by atoms with Crippen molar-refractivity contribution < 1.29 is 9.53 Å². The Morgan fingerprint density at radius 3 is 2.47 bits per heavy atom. The molecule has 4 heterocycles. The molecule has 5 aromatic rings. The number of benzene rings is 2. The number of morpholine rings is 1. The number of urea groups is 1. The highest BCUT2D eigenvalue weighted by atomic mass is 16.5. The Labute approximate surface area is 249 Å². The van der Waals surface area contributed by atoms with Crippen molar-refractivity contribution in [2.75, 3.05) is 36.9 Å². The van der Waals surface area contributed by atoms with E-state index in [9.17, 15) is 9.59 Å². The van der Waals surface area contributed by atoms with E-state index < -0.39 is 6.03 Å². The number of nitrogens with zero attached hydrogens (tertiary/aromatic N) is 4. The van der Waals surface area contributed by atoms with Gasteiger partial charge in [-0.05, 0) is 29.1 Å². The molecule has 0 aliphatic carbocycles. The van der Waals surface area contributed by atoms with Crippen molar-refractivity contribution in [2.45, 2.75) is 32.7 Å². The van der Waals surface area contributed by atoms with E-state index in [1.807, 2.05) is 42.6 Å². The van der Waals surface area contributed by atoms with Crippen molar-refractivity contribution in [1.29, 1.82) is 0 Å². The molecule has 0 spiro atoms. The second-order valence-corrected chi connectivity index (χ2v) is 11.7. The van der Waals surface area contributed by atoms with Crippen LogP contribution < -0.4 is 16.2 Å². The van der Waals surface area contributed by atoms with Gasteiger partial charge in [0, 0.05) is 60.5 Å². The number of rotatable bonds is 6. The van der Waals surface area contributed by atoms with Crippen molar-refractivity contribution in [3.05, 3.63) is 101 Å². The van der Waals surface area contributed by atoms with Gasteiger partial charge in [0.2, 0.25) is 5.56 Å². The van der Waals surface area contributed by atoms with Crippen LogP contribution in [0.5, 0.6) is 0 Å². The number of fused-ring (bicyclic) bond motifs is 1. The number of hydrogen-bond acceptors (Lipinski definition) is 6. The third kappa shape index (κ3) is 6.35. The molecule has 10 heteroatoms. The average Bonchev–Trinajstić information content (AvgIpc) is 3.43. The molecule has 3 N–H and O–H groups in total. The topological polar surface area (TPSA) is 117 Å². The first-order chi connectivity index (χ1) is 20.7. The molecule has 6 rings (SSSR count). The average molecular weight is 578 g/mol. The van der Waals surface area contributed by atoms with E-state index in [1.165, 1.54) is 6.07 Å². The van der Waals surface area contributed by atoms with Gasteiger partial charge in [-0.15, -0.1) is 0 Å². The molecule has 1 fully saturated rings. The Morgan fingerprint density at radius 1 is 0.977 bits per heavy atom. The molecule has 0 bridgehead atoms. The molecule has 1 saturated heterocycles. The molecule has 1 aliphatic rings. The minimum absolute atomic E-state index is 0.214. The van der Waals surface area contributed by atoms with E-state index in [2.05, 4.69) is 59.5 Å². The quantitative estimate of drug-likeness (QED) is 0.244. The molecule has 43 heavy (non-hydrogen) atoms. The fraction of sp³-hybridized carbons (Fsp3) is 0.273. The number of aromatic amines is 1. The zero-order valence-corrected chi connectivity index (χ0v) is 24.6. The fourth-order valence-corrected chi connectivity index (χ4v) is 5.16. The third-order valence-electron chi connectivity index (χ3n) is 7.53. The van der Waals surface area contributed by atoms with Crippen molar-refractivity contribution in [3.63, 3.8) is 0 Å². The number of carbonyl (C=O) groups excluding carboxylic acids is 1. The predicted octanol–water partition coefficient (Wildman–Crippen LogP) is 5.55. The van der Waals surface area contributed by atoms with Crippen LogP contribution in [0, 0.1) is 0 Å². The lowest BCUT2D eigenvalue weighted by molar-refractivity contribution is 0.0336. The van der Waals surface area contributed by atoms with Crippen molar-refractivity contribution in [2.24, 2.45) is 0 Å². The first kappa shape index (κ1) is 28.3. The molecular weight excluding hydrogens is 542 g/mol. The van der Waals surface area contributed by atoms with Crippen LogP contribution in [0.25, 0.3) is 27.6 Å². The first-order valence-corrected chi connectivity index (χ1v) is 14.4. The molecule has 2 amide bonds. The smallest absolute Gasteiger partial charge is 0.324 e. The Morgan fingerprint density at radius 2 is 1.77 bits per heavy atom. The zero-order chi connectivity index (χ0) is 30.0. The molecule has 0 atom stereocenters. The van der Waals surface area contributed by atoms with Crippen molar-refractivity contribution in [3.8, 4) is 16.8 Å². The van der Waals surface area contributed by atoms with Crippen molar-refractivity contribution in [1.82, 2.24) is 24.6 Å². The van der Waals surface area contributed by atoms with Crippen LogP contribution in [0.3, 0.4) is 0 Å². The lowest BCUT2D eigenvalue weighted by Gasteiger charge is -2.26. The number of nitrogens with one attached hydrogen (secondary N) is 3. The molecule has 0 saturated carbocycles. The summed E-state index contributed by atoms with van der Waals surface area (Å²) in [5.41, 5.74) is 4.73. The standard InChI is InChI=1S/C33H35N7O3/c1-33(2,3)29-18-30(40(38-29)24-10-13-31(41)35-20-24)37-32(42)36-28-12-11-25(26-6-4-5-7-27(26)28)22-8-9-23(34-19-22)21-39-14-16-43-17-15-39/h4-13,18-20H,14-17,21H2,1-3H3,(H,35,41)(H2,36,37,42). The van der Waals surface area contributed by atoms with Gasteiger partial charge in [-0.25, -0.2) is 9.48 Å². The van der Waals surface area contributed by atoms with Gasteiger partial charge in [0.15, 0.2) is 0 Å². The molecule has 3 aromatic heterocycles. The maximum atomic E-state index is 13.3. The highest BCUT2D eigenvalue weighted by Gasteiger charge is 2.22. The summed E-state index contributed by atoms with van der Waals surface area (Å²) in [6.07, 6.45) is 3.49. The molecule has 0 radical (unpaired) electrons. The summed E-state index contributed by atoms with van der Waals surface area (Å²) in [6.45, 7) is 10.3. The number of pyridine rings is 2. The minimum atomic E-state index is -0.405. The Balaban J connectivity index is 1.24. The van der Waals surface area contributed by atoms with Gasteiger partial charge in [0.05, 0.1) is 36.0 Å². The van der Waals surface area contributed by atoms with Gasteiger partial charge in [0.25, 0.3) is 0 Å². The van der Waals surface area contributed by atoms with Crippen LogP contribution in [-0.4, -0.2) is 57.0 Å². The van der Waals surface area contributed by atoms with Crippen LogP contribution in [0.15, 0.2) is 83.9 Å². The number of hydrogen-bond donors (Lipinski definition) is 3. The van der Waals surface area contributed by atoms with Gasteiger partial charge in [-0.3, -0.25) is 20.0 Å². The normalized spacial score (nSPS) is 14.1. The summed E-state index contributed by atoms with van der Waals surface area (Å²) in [5.74, 6) is 0.485. The second-order valence-electron chi connectivity index (χ2n) is 11.7. The highest BCUT2D eigenvalue weighted by molar-refractivity contribution is 6.09. The van der Waals surface area contributed by atoms with E-state index in [0.717, 1.165) is 66.1 Å². The molecule has 1 aliphatic heterocycles. The monoisotopic (exact) mass is 577 g/mol. The fourth-order valence-electron chi connectivity index (χ4n) is 5.16. The van der Waals surface area contributed by atoms with Crippen LogP contribution >= 0.6 is 0 Å². The van der Waals surface area contributed by atoms with Crippen LogP contribution in [-0.2, 0) is 16.7 Å². The number of aromatic nitrogens is 4. The Kier molecular flexibility index (Phi) is 7.79. The minimum Gasteiger partial charge on any atom is -0.379 e. The SMILES string of the molecule is CC(C)(C)c1cc(NC(=O)Nc2ccc(-c3ccc(CN4CCOCC4)nc3)c3ccccc23)n(-c2ccc(=O)[nH]c2)n1. The van der Waals surface area contributed by atoms with Gasteiger partial charge in [-0.2, -0.15) is 5.10 Å². The van der Waals surface area contributed by atoms with E-state index in [0.29, 0.717) is 17.2 Å². The van der Waals surface area contributed by atoms with Gasteiger partial charge < -0.3 is 15.0 Å². The van der Waals surface area contributed by atoms with Crippen molar-refractivity contribution >= 4 is 28.3 Å². The van der Waals surface area contributed by atoms with E-state index in [1.54, 1.807) is 16.9 Å². The predicted molar refractivity (Wildman–Crippen MR) is 169 cm³/mol. The van der Waals surface area contributed by atoms with E-state index >= 15 is 0 Å². The maximum Gasteiger partial charge on any atom is 0.324 e. The number of H-pyrrole nitrogens is 1. The van der Waals surface area contributed by atoms with E-state index in [4.69, 9.17) is 14.8 Å². The zero-order valence-electron chi connectivity index (χ0n) is 24.6. The molecule has 220 valence electrons. The Hall–Kier alpha value is -4.80. The molecular formula is C33H35N7O3. The summed E-state index contributed by atoms with van der Waals surface area (Å²) < 4.78 is 7.07. The molecule has 10 nitrogen and oxygen atoms in total.